The molecular formula is C32H40ClN3O7S. The molecule has 3 aromatic rings. The minimum Gasteiger partial charge on any atom is -0.497 e. The Hall–Kier alpha value is -3.96. The van der Waals surface area contributed by atoms with Crippen molar-refractivity contribution in [2.45, 2.75) is 50.6 Å². The van der Waals surface area contributed by atoms with E-state index in [1.54, 1.807) is 43.5 Å². The lowest BCUT2D eigenvalue weighted by Gasteiger charge is -2.33. The van der Waals surface area contributed by atoms with Crippen LogP contribution in [0.15, 0.2) is 71.6 Å². The first-order valence-electron chi connectivity index (χ1n) is 14.3. The van der Waals surface area contributed by atoms with Gasteiger partial charge in [0, 0.05) is 24.2 Å². The first-order valence-corrected chi connectivity index (χ1v) is 16.1. The Labute approximate surface area is 264 Å². The van der Waals surface area contributed by atoms with Crippen LogP contribution in [-0.2, 0) is 26.2 Å². The fraction of sp³-hybridized carbons (Fsp3) is 0.375. The molecule has 10 nitrogen and oxygen atoms in total. The number of ether oxygens (including phenoxy) is 3. The van der Waals surface area contributed by atoms with Gasteiger partial charge in [0.2, 0.25) is 11.8 Å². The van der Waals surface area contributed by atoms with E-state index in [4.69, 9.17) is 25.8 Å². The van der Waals surface area contributed by atoms with E-state index in [2.05, 4.69) is 5.32 Å². The zero-order chi connectivity index (χ0) is 32.3. The maximum Gasteiger partial charge on any atom is 0.264 e. The van der Waals surface area contributed by atoms with Crippen LogP contribution in [0, 0.1) is 0 Å². The summed E-state index contributed by atoms with van der Waals surface area (Å²) in [5.41, 5.74) is 0.974. The molecule has 0 saturated carbocycles. The average molecular weight is 646 g/mol. The van der Waals surface area contributed by atoms with Gasteiger partial charge in [0.1, 0.15) is 18.3 Å². The van der Waals surface area contributed by atoms with Crippen molar-refractivity contribution in [2.75, 3.05) is 38.7 Å². The Morgan fingerprint density at radius 2 is 1.55 bits per heavy atom. The van der Waals surface area contributed by atoms with E-state index < -0.39 is 28.5 Å². The summed E-state index contributed by atoms with van der Waals surface area (Å²) in [7, 11) is 0.0973. The molecule has 0 saturated heterocycles. The summed E-state index contributed by atoms with van der Waals surface area (Å²) in [5.74, 6) is 0.352. The lowest BCUT2D eigenvalue weighted by molar-refractivity contribution is -0.140. The van der Waals surface area contributed by atoms with E-state index in [0.29, 0.717) is 29.5 Å². The van der Waals surface area contributed by atoms with Crippen molar-refractivity contribution < 1.29 is 32.2 Å². The molecule has 2 amide bonds. The largest absolute Gasteiger partial charge is 0.497 e. The molecule has 1 atom stereocenters. The SMILES string of the molecule is CCCCNC(=O)C(CC)N(Cc1ccc(OC)cc1)C(=O)CN(c1ccc(Cl)cc1)S(=O)(=O)c1ccc(OC)c(OC)c1. The van der Waals surface area contributed by atoms with Crippen LogP contribution in [0.2, 0.25) is 5.02 Å². The lowest BCUT2D eigenvalue weighted by atomic mass is 10.1. The Morgan fingerprint density at radius 3 is 2.11 bits per heavy atom. The second-order valence-corrected chi connectivity index (χ2v) is 12.2. The zero-order valence-corrected chi connectivity index (χ0v) is 27.3. The van der Waals surface area contributed by atoms with Gasteiger partial charge in [-0.05, 0) is 66.9 Å². The maximum absolute atomic E-state index is 14.2. The first-order chi connectivity index (χ1) is 21.1. The third kappa shape index (κ3) is 8.57. The number of methoxy groups -OCH3 is 3. The minimum absolute atomic E-state index is 0.0768. The molecule has 12 heteroatoms. The van der Waals surface area contributed by atoms with E-state index in [-0.39, 0.29) is 28.8 Å². The van der Waals surface area contributed by atoms with Crippen LogP contribution in [0.25, 0.3) is 0 Å². The van der Waals surface area contributed by atoms with Crippen molar-refractivity contribution in [3.8, 4) is 17.2 Å². The van der Waals surface area contributed by atoms with Gasteiger partial charge in [-0.2, -0.15) is 0 Å². The van der Waals surface area contributed by atoms with E-state index >= 15 is 0 Å². The normalized spacial score (nSPS) is 11.8. The van der Waals surface area contributed by atoms with Gasteiger partial charge in [-0.1, -0.05) is 44.0 Å². The van der Waals surface area contributed by atoms with Gasteiger partial charge in [0.15, 0.2) is 11.5 Å². The number of carbonyl (C=O) groups excluding carboxylic acids is 2. The van der Waals surface area contributed by atoms with Crippen molar-refractivity contribution >= 4 is 39.1 Å². The number of benzene rings is 3. The maximum atomic E-state index is 14.2. The summed E-state index contributed by atoms with van der Waals surface area (Å²) in [6.45, 7) is 3.81. The molecule has 1 N–H and O–H groups in total. The number of carbonyl (C=O) groups is 2. The predicted molar refractivity (Wildman–Crippen MR) is 171 cm³/mol. The smallest absolute Gasteiger partial charge is 0.264 e. The summed E-state index contributed by atoms with van der Waals surface area (Å²) in [4.78, 5) is 28.9. The topological polar surface area (TPSA) is 114 Å². The van der Waals surface area contributed by atoms with Crippen molar-refractivity contribution in [3.05, 3.63) is 77.3 Å². The molecule has 238 valence electrons. The minimum atomic E-state index is -4.32. The predicted octanol–water partition coefficient (Wildman–Crippen LogP) is 5.28. The number of unbranched alkanes of at least 4 members (excludes halogenated alkanes) is 1. The Morgan fingerprint density at radius 1 is 0.886 bits per heavy atom. The standard InChI is InChI=1S/C32H40ClN3O7S/c1-6-8-19-34-32(38)28(7-2)35(21-23-9-15-26(41-3)16-10-23)31(37)22-36(25-13-11-24(33)12-14-25)44(39,40)27-17-18-29(42-4)30(20-27)43-5/h9-18,20,28H,6-8,19,21-22H2,1-5H3,(H,34,38). The van der Waals surface area contributed by atoms with Gasteiger partial charge >= 0.3 is 0 Å². The van der Waals surface area contributed by atoms with Crippen molar-refractivity contribution in [1.29, 1.82) is 0 Å². The molecule has 1 unspecified atom stereocenters. The number of nitrogens with one attached hydrogen (secondary N) is 1. The van der Waals surface area contributed by atoms with Gasteiger partial charge in [-0.25, -0.2) is 8.42 Å². The average Bonchev–Trinajstić information content (AvgIpc) is 3.03. The number of hydrogen-bond donors (Lipinski definition) is 1. The van der Waals surface area contributed by atoms with E-state index in [9.17, 15) is 18.0 Å². The number of rotatable bonds is 16. The van der Waals surface area contributed by atoms with E-state index in [1.165, 1.54) is 49.5 Å². The molecule has 0 aliphatic carbocycles. The Bertz CT molecular complexity index is 1500. The Balaban J connectivity index is 2.07. The monoisotopic (exact) mass is 645 g/mol. The molecule has 3 aromatic carbocycles. The fourth-order valence-electron chi connectivity index (χ4n) is 4.59. The van der Waals surface area contributed by atoms with Crippen molar-refractivity contribution in [2.24, 2.45) is 0 Å². The molecule has 0 radical (unpaired) electrons. The zero-order valence-electron chi connectivity index (χ0n) is 25.7. The third-order valence-electron chi connectivity index (χ3n) is 7.06. The van der Waals surface area contributed by atoms with Gasteiger partial charge in [-0.15, -0.1) is 0 Å². The second kappa shape index (κ2) is 16.2. The molecule has 0 bridgehead atoms. The van der Waals surface area contributed by atoms with Crippen LogP contribution in [0.3, 0.4) is 0 Å². The molecular weight excluding hydrogens is 606 g/mol. The molecule has 3 rings (SSSR count). The number of amides is 2. The Kier molecular flexibility index (Phi) is 12.7. The second-order valence-electron chi connectivity index (χ2n) is 9.94. The van der Waals surface area contributed by atoms with E-state index in [0.717, 1.165) is 22.7 Å². The van der Waals surface area contributed by atoms with Crippen LogP contribution in [0.4, 0.5) is 5.69 Å². The number of halogens is 1. The molecule has 0 spiro atoms. The highest BCUT2D eigenvalue weighted by atomic mass is 35.5. The van der Waals surface area contributed by atoms with Crippen molar-refractivity contribution in [3.63, 3.8) is 0 Å². The molecule has 0 aliphatic rings. The quantitative estimate of drug-likeness (QED) is 0.211. The summed E-state index contributed by atoms with van der Waals surface area (Å²) < 4.78 is 45.2. The van der Waals surface area contributed by atoms with Gasteiger partial charge in [0.25, 0.3) is 10.0 Å². The first kappa shape index (κ1) is 34.5. The summed E-state index contributed by atoms with van der Waals surface area (Å²) in [5, 5.41) is 3.32. The molecule has 0 fully saturated rings. The molecule has 0 heterocycles. The summed E-state index contributed by atoms with van der Waals surface area (Å²) in [6, 6.07) is 16.6. The summed E-state index contributed by atoms with van der Waals surface area (Å²) >= 11 is 6.11. The van der Waals surface area contributed by atoms with Crippen LogP contribution in [-0.4, -0.2) is 65.6 Å². The number of nitrogens with zero attached hydrogens (tertiary/aromatic N) is 2. The van der Waals surface area contributed by atoms with Gasteiger partial charge in [0.05, 0.1) is 31.9 Å². The fourth-order valence-corrected chi connectivity index (χ4v) is 6.15. The van der Waals surface area contributed by atoms with Crippen molar-refractivity contribution in [1.82, 2.24) is 10.2 Å². The number of sulfonamides is 1. The van der Waals surface area contributed by atoms with Crippen LogP contribution in [0.5, 0.6) is 17.2 Å². The lowest BCUT2D eigenvalue weighted by Crippen LogP contribution is -2.52. The third-order valence-corrected chi connectivity index (χ3v) is 9.09. The molecule has 44 heavy (non-hydrogen) atoms. The highest BCUT2D eigenvalue weighted by molar-refractivity contribution is 7.92. The molecule has 0 aliphatic heterocycles. The highest BCUT2D eigenvalue weighted by Gasteiger charge is 2.34. The molecule has 0 aromatic heterocycles. The van der Waals surface area contributed by atoms with E-state index in [1.807, 2.05) is 13.8 Å². The van der Waals surface area contributed by atoms with Crippen LogP contribution >= 0.6 is 11.6 Å². The number of anilines is 1. The van der Waals surface area contributed by atoms with Gasteiger partial charge < -0.3 is 24.4 Å². The van der Waals surface area contributed by atoms with Crippen LogP contribution < -0.4 is 23.8 Å². The van der Waals surface area contributed by atoms with Crippen LogP contribution in [0.1, 0.15) is 38.7 Å². The number of hydrogen-bond acceptors (Lipinski definition) is 7. The highest BCUT2D eigenvalue weighted by Crippen LogP contribution is 2.33. The van der Waals surface area contributed by atoms with Gasteiger partial charge in [-0.3, -0.25) is 13.9 Å². The summed E-state index contributed by atoms with van der Waals surface area (Å²) in [6.07, 6.45) is 2.02.